The number of halogens is 4. The lowest BCUT2D eigenvalue weighted by Crippen LogP contribution is -2.32. The number of hydrogen-bond donors (Lipinski definition) is 1. The Bertz CT molecular complexity index is 331. The van der Waals surface area contributed by atoms with Crippen molar-refractivity contribution in [2.75, 3.05) is 6.61 Å². The van der Waals surface area contributed by atoms with Crippen molar-refractivity contribution in [3.63, 3.8) is 0 Å². The Morgan fingerprint density at radius 3 is 2.62 bits per heavy atom. The van der Waals surface area contributed by atoms with E-state index in [0.717, 1.165) is 0 Å². The molecule has 0 aliphatic heterocycles. The Morgan fingerprint density at radius 2 is 2.12 bits per heavy atom. The summed E-state index contributed by atoms with van der Waals surface area (Å²) in [5.74, 6) is -4.09. The van der Waals surface area contributed by atoms with E-state index >= 15 is 0 Å². The third-order valence-electron chi connectivity index (χ3n) is 1.53. The van der Waals surface area contributed by atoms with Gasteiger partial charge in [0.15, 0.2) is 5.82 Å². The van der Waals surface area contributed by atoms with Crippen molar-refractivity contribution in [2.24, 2.45) is 5.73 Å². The Morgan fingerprint density at radius 1 is 1.44 bits per heavy atom. The molecule has 92 valence electrons. The van der Waals surface area contributed by atoms with Gasteiger partial charge in [0, 0.05) is 0 Å². The molecule has 0 aromatic carbocycles. The number of nitrogens with two attached hydrogens (primary N) is 1. The van der Waals surface area contributed by atoms with E-state index < -0.39 is 25.6 Å². The Labute approximate surface area is 87.6 Å². The molecule has 0 spiro atoms. The van der Waals surface area contributed by atoms with Crippen molar-refractivity contribution in [3.8, 4) is 0 Å². The first-order valence-electron chi connectivity index (χ1n) is 4.21. The smallest absolute Gasteiger partial charge is 0.330 e. The summed E-state index contributed by atoms with van der Waals surface area (Å²) in [6.07, 6.45) is -3.77. The second-order valence-corrected chi connectivity index (χ2v) is 2.86. The molecule has 5 nitrogen and oxygen atoms in total. The predicted molar refractivity (Wildman–Crippen MR) is 42.8 cm³/mol. The van der Waals surface area contributed by atoms with Gasteiger partial charge in [-0.15, -0.1) is 0 Å². The Hall–Kier alpha value is -1.22. The minimum absolute atomic E-state index is 0.000192. The lowest BCUT2D eigenvalue weighted by atomic mass is 10.4. The summed E-state index contributed by atoms with van der Waals surface area (Å²) in [6, 6.07) is 0. The fourth-order valence-electron chi connectivity index (χ4n) is 0.773. The molecule has 1 aromatic rings. The predicted octanol–water partition coefficient (Wildman–Crippen LogP) is 0.945. The molecule has 0 aliphatic carbocycles. The van der Waals surface area contributed by atoms with E-state index in [2.05, 4.69) is 19.4 Å². The molecule has 0 bridgehead atoms. The van der Waals surface area contributed by atoms with Gasteiger partial charge in [0.25, 0.3) is 0 Å². The lowest BCUT2D eigenvalue weighted by Gasteiger charge is -2.14. The van der Waals surface area contributed by atoms with Crippen molar-refractivity contribution in [1.82, 2.24) is 10.1 Å². The van der Waals surface area contributed by atoms with Gasteiger partial charge in [-0.05, 0) is 0 Å². The third-order valence-corrected chi connectivity index (χ3v) is 1.53. The first-order valence-corrected chi connectivity index (χ1v) is 4.21. The second-order valence-electron chi connectivity index (χ2n) is 2.86. The third kappa shape index (κ3) is 3.42. The fraction of sp³-hybridized carbons (Fsp3) is 0.714. The van der Waals surface area contributed by atoms with E-state index in [1.165, 1.54) is 0 Å². The van der Waals surface area contributed by atoms with Gasteiger partial charge in [-0.1, -0.05) is 5.16 Å². The average molecular weight is 243 g/mol. The van der Waals surface area contributed by atoms with Gasteiger partial charge in [-0.2, -0.15) is 13.8 Å². The molecule has 0 saturated carbocycles. The zero-order valence-corrected chi connectivity index (χ0v) is 8.00. The van der Waals surface area contributed by atoms with E-state index in [1.54, 1.807) is 0 Å². The van der Waals surface area contributed by atoms with Crippen LogP contribution in [0.5, 0.6) is 0 Å². The first kappa shape index (κ1) is 12.8. The number of aromatic nitrogens is 2. The zero-order chi connectivity index (χ0) is 12.2. The molecule has 0 radical (unpaired) electrons. The molecule has 0 atom stereocenters. The molecule has 0 fully saturated rings. The Balaban J connectivity index is 2.35. The number of ether oxygens (including phenoxy) is 1. The van der Waals surface area contributed by atoms with E-state index in [-0.39, 0.29) is 18.3 Å². The summed E-state index contributed by atoms with van der Waals surface area (Å²) in [6.45, 7) is -1.84. The van der Waals surface area contributed by atoms with Gasteiger partial charge in [0.1, 0.15) is 13.2 Å². The van der Waals surface area contributed by atoms with Crippen molar-refractivity contribution >= 4 is 0 Å². The highest BCUT2D eigenvalue weighted by molar-refractivity contribution is 4.83. The highest BCUT2D eigenvalue weighted by Gasteiger charge is 2.41. The minimum atomic E-state index is -4.18. The van der Waals surface area contributed by atoms with Gasteiger partial charge in [-0.3, -0.25) is 0 Å². The maximum Gasteiger partial charge on any atom is 0.330 e. The monoisotopic (exact) mass is 243 g/mol. The van der Waals surface area contributed by atoms with Crippen LogP contribution in [0.15, 0.2) is 4.52 Å². The largest absolute Gasteiger partial charge is 0.367 e. The van der Waals surface area contributed by atoms with Gasteiger partial charge in [-0.25, -0.2) is 8.78 Å². The van der Waals surface area contributed by atoms with Crippen molar-refractivity contribution in [2.45, 2.75) is 25.5 Å². The molecule has 0 saturated heterocycles. The van der Waals surface area contributed by atoms with E-state index in [0.29, 0.717) is 0 Å². The van der Waals surface area contributed by atoms with Crippen LogP contribution in [0.25, 0.3) is 0 Å². The lowest BCUT2D eigenvalue weighted by molar-refractivity contribution is -0.168. The zero-order valence-electron chi connectivity index (χ0n) is 8.00. The van der Waals surface area contributed by atoms with E-state index in [4.69, 9.17) is 5.73 Å². The summed E-state index contributed by atoms with van der Waals surface area (Å²) < 4.78 is 57.0. The van der Waals surface area contributed by atoms with Crippen molar-refractivity contribution in [3.05, 3.63) is 11.7 Å². The number of hydrogen-bond acceptors (Lipinski definition) is 5. The van der Waals surface area contributed by atoms with Crippen LogP contribution in [0.1, 0.15) is 11.7 Å². The first-order chi connectivity index (χ1) is 7.45. The summed E-state index contributed by atoms with van der Waals surface area (Å²) in [4.78, 5) is 3.63. The van der Waals surface area contributed by atoms with Gasteiger partial charge < -0.3 is 15.0 Å². The number of rotatable bonds is 6. The SMILES string of the molecule is NCc1nc(COCC(F)(F)C(F)F)no1. The van der Waals surface area contributed by atoms with Gasteiger partial charge in [0.05, 0.1) is 6.54 Å². The highest BCUT2D eigenvalue weighted by Crippen LogP contribution is 2.23. The van der Waals surface area contributed by atoms with Gasteiger partial charge >= 0.3 is 12.3 Å². The molecule has 1 heterocycles. The molecule has 16 heavy (non-hydrogen) atoms. The van der Waals surface area contributed by atoms with Crippen LogP contribution in [0.4, 0.5) is 17.6 Å². The van der Waals surface area contributed by atoms with E-state index in [1.807, 2.05) is 0 Å². The van der Waals surface area contributed by atoms with Crippen LogP contribution in [-0.2, 0) is 17.9 Å². The Kier molecular flexibility index (Phi) is 4.19. The molecule has 1 aromatic heterocycles. The van der Waals surface area contributed by atoms with Crippen LogP contribution < -0.4 is 5.73 Å². The normalized spacial score (nSPS) is 12.4. The molecule has 1 rings (SSSR count). The summed E-state index contributed by atoms with van der Waals surface area (Å²) >= 11 is 0. The van der Waals surface area contributed by atoms with Crippen LogP contribution in [-0.4, -0.2) is 29.1 Å². The molecular weight excluding hydrogens is 234 g/mol. The fourth-order valence-corrected chi connectivity index (χ4v) is 0.773. The summed E-state index contributed by atoms with van der Waals surface area (Å²) in [7, 11) is 0. The quantitative estimate of drug-likeness (QED) is 0.753. The van der Waals surface area contributed by atoms with Crippen molar-refractivity contribution in [1.29, 1.82) is 0 Å². The second kappa shape index (κ2) is 5.21. The molecule has 0 aliphatic rings. The standard InChI is InChI=1S/C7H9F4N3O2/c8-6(9)7(10,11)3-15-2-4-13-5(1-12)16-14-4/h6H,1-3,12H2. The van der Waals surface area contributed by atoms with Crippen LogP contribution in [0, 0.1) is 0 Å². The molecule has 0 unspecified atom stereocenters. The van der Waals surface area contributed by atoms with Crippen LogP contribution >= 0.6 is 0 Å². The topological polar surface area (TPSA) is 74.2 Å². The van der Waals surface area contributed by atoms with Crippen LogP contribution in [0.3, 0.4) is 0 Å². The molecular formula is C7H9F4N3O2. The molecule has 9 heteroatoms. The summed E-state index contributed by atoms with van der Waals surface area (Å²) in [5, 5.41) is 3.33. The van der Waals surface area contributed by atoms with E-state index in [9.17, 15) is 17.6 Å². The maximum absolute atomic E-state index is 12.4. The minimum Gasteiger partial charge on any atom is -0.367 e. The van der Waals surface area contributed by atoms with Crippen LogP contribution in [0.2, 0.25) is 0 Å². The maximum atomic E-state index is 12.4. The number of alkyl halides is 4. The average Bonchev–Trinajstić information content (AvgIpc) is 2.65. The van der Waals surface area contributed by atoms with Crippen molar-refractivity contribution < 1.29 is 26.8 Å². The molecule has 0 amide bonds. The highest BCUT2D eigenvalue weighted by atomic mass is 19.3. The molecule has 2 N–H and O–H groups in total. The van der Waals surface area contributed by atoms with Gasteiger partial charge in [0.2, 0.25) is 5.89 Å². The number of nitrogens with zero attached hydrogens (tertiary/aromatic N) is 2. The summed E-state index contributed by atoms with van der Waals surface area (Å²) in [5.41, 5.74) is 5.14.